The minimum Gasteiger partial charge on any atom is -0.381 e. The Kier molecular flexibility index (Phi) is 11.0. The minimum absolute atomic E-state index is 0.0593. The maximum absolute atomic E-state index is 10.8. The van der Waals surface area contributed by atoms with E-state index < -0.39 is 9.05 Å². The van der Waals surface area contributed by atoms with E-state index in [1.807, 2.05) is 6.92 Å². The van der Waals surface area contributed by atoms with Crippen molar-refractivity contribution < 1.29 is 13.2 Å². The molecule has 116 valence electrons. The van der Waals surface area contributed by atoms with E-state index in [9.17, 15) is 8.42 Å². The first kappa shape index (κ1) is 19.2. The van der Waals surface area contributed by atoms with Gasteiger partial charge < -0.3 is 4.74 Å². The molecule has 0 radical (unpaired) electrons. The van der Waals surface area contributed by atoms with Crippen LogP contribution in [0.1, 0.15) is 59.3 Å². The smallest absolute Gasteiger partial charge is 0.232 e. The molecule has 0 saturated heterocycles. The monoisotopic (exact) mass is 312 g/mol. The van der Waals surface area contributed by atoms with Crippen molar-refractivity contribution in [3.8, 4) is 0 Å². The molecule has 0 fully saturated rings. The normalized spacial score (nSPS) is 15.4. The molecule has 0 aromatic heterocycles. The van der Waals surface area contributed by atoms with Crippen molar-refractivity contribution >= 4 is 19.7 Å². The zero-order valence-electron chi connectivity index (χ0n) is 12.5. The van der Waals surface area contributed by atoms with Crippen LogP contribution < -0.4 is 0 Å². The van der Waals surface area contributed by atoms with Crippen molar-refractivity contribution in [1.29, 1.82) is 0 Å². The Morgan fingerprint density at radius 1 is 1.16 bits per heavy atom. The Morgan fingerprint density at radius 3 is 2.37 bits per heavy atom. The van der Waals surface area contributed by atoms with Crippen molar-refractivity contribution in [3.05, 3.63) is 0 Å². The predicted molar refractivity (Wildman–Crippen MR) is 82.2 cm³/mol. The molecule has 2 unspecified atom stereocenters. The number of unbranched alkanes of at least 4 members (excludes halogenated alkanes) is 1. The quantitative estimate of drug-likeness (QED) is 0.400. The van der Waals surface area contributed by atoms with E-state index >= 15 is 0 Å². The number of hydrogen-bond donors (Lipinski definition) is 0. The average molecular weight is 313 g/mol. The molecule has 0 rings (SSSR count). The standard InChI is InChI=1S/C14H29ClO3S/c1-4-6-7-14(5-2)12-18-10-8-13(3)9-11-19(15,16)17/h13-14H,4-12H2,1-3H3. The first-order valence-electron chi connectivity index (χ1n) is 7.39. The SMILES string of the molecule is CCCCC(CC)COCCC(C)CCS(=O)(=O)Cl. The Balaban J connectivity index is 3.61. The average Bonchev–Trinajstić information content (AvgIpc) is 2.34. The molecule has 0 aromatic rings. The van der Waals surface area contributed by atoms with Gasteiger partial charge in [-0.05, 0) is 31.1 Å². The lowest BCUT2D eigenvalue weighted by Crippen LogP contribution is -2.12. The Labute approximate surface area is 123 Å². The predicted octanol–water partition coefficient (Wildman–Crippen LogP) is 4.20. The lowest BCUT2D eigenvalue weighted by Gasteiger charge is -2.16. The second-order valence-electron chi connectivity index (χ2n) is 5.42. The van der Waals surface area contributed by atoms with Gasteiger partial charge in [0, 0.05) is 23.9 Å². The van der Waals surface area contributed by atoms with E-state index in [4.69, 9.17) is 15.4 Å². The highest BCUT2D eigenvalue weighted by Gasteiger charge is 2.10. The summed E-state index contributed by atoms with van der Waals surface area (Å²) >= 11 is 0. The van der Waals surface area contributed by atoms with Crippen molar-refractivity contribution in [3.63, 3.8) is 0 Å². The van der Waals surface area contributed by atoms with E-state index in [1.54, 1.807) is 0 Å². The van der Waals surface area contributed by atoms with E-state index in [2.05, 4.69) is 13.8 Å². The van der Waals surface area contributed by atoms with Crippen molar-refractivity contribution in [2.75, 3.05) is 19.0 Å². The molecule has 0 amide bonds. The summed E-state index contributed by atoms with van der Waals surface area (Å²) in [5.74, 6) is 1.06. The Bertz CT molecular complexity index is 304. The lowest BCUT2D eigenvalue weighted by molar-refractivity contribution is 0.0847. The fourth-order valence-electron chi connectivity index (χ4n) is 1.92. The van der Waals surface area contributed by atoms with Crippen LogP contribution in [0.4, 0.5) is 0 Å². The third-order valence-electron chi connectivity index (χ3n) is 3.51. The first-order chi connectivity index (χ1) is 8.89. The van der Waals surface area contributed by atoms with Crippen LogP contribution in [0.2, 0.25) is 0 Å². The van der Waals surface area contributed by atoms with Crippen LogP contribution >= 0.6 is 10.7 Å². The summed E-state index contributed by atoms with van der Waals surface area (Å²) in [6.07, 6.45) is 6.43. The molecular formula is C14H29ClO3S. The van der Waals surface area contributed by atoms with Gasteiger partial charge in [0.2, 0.25) is 9.05 Å². The van der Waals surface area contributed by atoms with E-state index in [0.717, 1.165) is 13.0 Å². The second kappa shape index (κ2) is 10.9. The first-order valence-corrected chi connectivity index (χ1v) is 9.86. The van der Waals surface area contributed by atoms with E-state index in [1.165, 1.54) is 25.7 Å². The fraction of sp³-hybridized carbons (Fsp3) is 1.00. The largest absolute Gasteiger partial charge is 0.381 e. The summed E-state index contributed by atoms with van der Waals surface area (Å²) in [5, 5.41) is 0. The maximum atomic E-state index is 10.8. The molecule has 0 spiro atoms. The highest BCUT2D eigenvalue weighted by atomic mass is 35.7. The summed E-state index contributed by atoms with van der Waals surface area (Å²) in [7, 11) is 1.84. The minimum atomic E-state index is -3.35. The molecular weight excluding hydrogens is 284 g/mol. The zero-order valence-corrected chi connectivity index (χ0v) is 14.1. The molecule has 0 N–H and O–H groups in total. The number of ether oxygens (including phenoxy) is 1. The topological polar surface area (TPSA) is 43.4 Å². The Hall–Kier alpha value is 0.200. The van der Waals surface area contributed by atoms with Gasteiger partial charge in [-0.1, -0.05) is 40.0 Å². The number of halogens is 1. The highest BCUT2D eigenvalue weighted by molar-refractivity contribution is 8.13. The van der Waals surface area contributed by atoms with Crippen LogP contribution in [0.3, 0.4) is 0 Å². The fourth-order valence-corrected chi connectivity index (χ4v) is 2.87. The molecule has 2 atom stereocenters. The zero-order chi connectivity index (χ0) is 14.7. The van der Waals surface area contributed by atoms with Crippen LogP contribution in [0, 0.1) is 11.8 Å². The molecule has 5 heteroatoms. The molecule has 3 nitrogen and oxygen atoms in total. The van der Waals surface area contributed by atoms with Crippen LogP contribution in [-0.2, 0) is 13.8 Å². The highest BCUT2D eigenvalue weighted by Crippen LogP contribution is 2.15. The summed E-state index contributed by atoms with van der Waals surface area (Å²) in [5.41, 5.74) is 0. The van der Waals surface area contributed by atoms with Crippen molar-refractivity contribution in [2.24, 2.45) is 11.8 Å². The van der Waals surface area contributed by atoms with Gasteiger partial charge in [0.25, 0.3) is 0 Å². The summed E-state index contributed by atoms with van der Waals surface area (Å²) in [4.78, 5) is 0. The van der Waals surface area contributed by atoms with E-state index in [0.29, 0.717) is 24.9 Å². The third kappa shape index (κ3) is 13.0. The summed E-state index contributed by atoms with van der Waals surface area (Å²) in [6.45, 7) is 8.00. The molecule has 0 aliphatic carbocycles. The van der Waals surface area contributed by atoms with Gasteiger partial charge in [-0.25, -0.2) is 8.42 Å². The lowest BCUT2D eigenvalue weighted by atomic mass is 10.0. The molecule has 19 heavy (non-hydrogen) atoms. The summed E-state index contributed by atoms with van der Waals surface area (Å²) in [6, 6.07) is 0. The van der Waals surface area contributed by atoms with E-state index in [-0.39, 0.29) is 5.75 Å². The van der Waals surface area contributed by atoms with Gasteiger partial charge in [-0.2, -0.15) is 0 Å². The van der Waals surface area contributed by atoms with Gasteiger partial charge >= 0.3 is 0 Å². The summed E-state index contributed by atoms with van der Waals surface area (Å²) < 4.78 is 27.4. The number of hydrogen-bond acceptors (Lipinski definition) is 3. The van der Waals surface area contributed by atoms with Crippen LogP contribution in [0.15, 0.2) is 0 Å². The van der Waals surface area contributed by atoms with Gasteiger partial charge in [-0.15, -0.1) is 0 Å². The number of rotatable bonds is 12. The maximum Gasteiger partial charge on any atom is 0.232 e. The molecule has 0 aromatic carbocycles. The molecule has 0 aliphatic heterocycles. The van der Waals surface area contributed by atoms with Crippen LogP contribution in [0.25, 0.3) is 0 Å². The molecule has 0 heterocycles. The van der Waals surface area contributed by atoms with Crippen molar-refractivity contribution in [1.82, 2.24) is 0 Å². The Morgan fingerprint density at radius 2 is 1.84 bits per heavy atom. The molecule has 0 aliphatic rings. The van der Waals surface area contributed by atoms with Gasteiger partial charge in [-0.3, -0.25) is 0 Å². The van der Waals surface area contributed by atoms with Crippen LogP contribution in [-0.4, -0.2) is 27.4 Å². The molecule has 0 bridgehead atoms. The van der Waals surface area contributed by atoms with Gasteiger partial charge in [0.1, 0.15) is 0 Å². The second-order valence-corrected chi connectivity index (χ2v) is 8.31. The third-order valence-corrected chi connectivity index (χ3v) is 4.69. The molecule has 0 saturated carbocycles. The van der Waals surface area contributed by atoms with Gasteiger partial charge in [0.05, 0.1) is 5.75 Å². The van der Waals surface area contributed by atoms with Crippen LogP contribution in [0.5, 0.6) is 0 Å². The van der Waals surface area contributed by atoms with Crippen molar-refractivity contribution in [2.45, 2.75) is 59.3 Å². The van der Waals surface area contributed by atoms with Gasteiger partial charge in [0.15, 0.2) is 0 Å².